The van der Waals surface area contributed by atoms with Crippen LogP contribution in [0.3, 0.4) is 0 Å². The zero-order valence-electron chi connectivity index (χ0n) is 21.8. The molecular formula is C31H52O. The number of aliphatic hydroxyl groups is 1. The zero-order chi connectivity index (χ0) is 24.3. The Labute approximate surface area is 200 Å². The number of aliphatic hydroxyl groups excluding tert-OH is 1. The molecule has 0 unspecified atom stereocenters. The second-order valence-corrected chi connectivity index (χ2v) is 10.8. The van der Waals surface area contributed by atoms with E-state index in [1.807, 2.05) is 0 Å². The van der Waals surface area contributed by atoms with E-state index >= 15 is 0 Å². The summed E-state index contributed by atoms with van der Waals surface area (Å²) in [5.74, 6) is 3.37. The molecule has 32 heavy (non-hydrogen) atoms. The summed E-state index contributed by atoms with van der Waals surface area (Å²) in [5.41, 5.74) is 4.72. The molecular weight excluding hydrogens is 388 g/mol. The first kappa shape index (κ1) is 28.7. The minimum absolute atomic E-state index is 0.172. The van der Waals surface area contributed by atoms with Gasteiger partial charge >= 0.3 is 0 Å². The fourth-order valence-electron chi connectivity index (χ4n) is 6.66. The van der Waals surface area contributed by atoms with Crippen molar-refractivity contribution in [2.45, 2.75) is 104 Å². The molecule has 3 fully saturated rings. The van der Waals surface area contributed by atoms with Gasteiger partial charge in [-0.3, -0.25) is 0 Å². The van der Waals surface area contributed by atoms with Crippen LogP contribution < -0.4 is 0 Å². The molecule has 1 nitrogen and oxygen atoms in total. The molecule has 0 spiro atoms. The van der Waals surface area contributed by atoms with Gasteiger partial charge in [0.1, 0.15) is 0 Å². The van der Waals surface area contributed by atoms with Crippen molar-refractivity contribution >= 4 is 0 Å². The average molecular weight is 441 g/mol. The highest BCUT2D eigenvalue weighted by Crippen LogP contribution is 2.59. The zero-order valence-corrected chi connectivity index (χ0v) is 21.8. The van der Waals surface area contributed by atoms with Crippen LogP contribution in [0.15, 0.2) is 61.8 Å². The van der Waals surface area contributed by atoms with Crippen molar-refractivity contribution in [3.05, 3.63) is 61.8 Å². The topological polar surface area (TPSA) is 20.2 Å². The van der Waals surface area contributed by atoms with Crippen LogP contribution in [0.2, 0.25) is 0 Å². The van der Waals surface area contributed by atoms with Crippen LogP contribution in [-0.2, 0) is 0 Å². The van der Waals surface area contributed by atoms with Crippen molar-refractivity contribution < 1.29 is 5.11 Å². The first-order valence-electron chi connectivity index (χ1n) is 13.1. The van der Waals surface area contributed by atoms with Gasteiger partial charge in [-0.1, -0.05) is 76.8 Å². The molecule has 182 valence electrons. The SMILES string of the molecule is C=C.C=C.C=C1CC[C@H](O)C/C1=C/C=C1\CCC[C@]2(C)[C@@H]([C@H](C)CCCC(C)C)CC[C@@H]12. The summed E-state index contributed by atoms with van der Waals surface area (Å²) in [6.45, 7) is 26.1. The second kappa shape index (κ2) is 14.0. The maximum Gasteiger partial charge on any atom is 0.0583 e. The summed E-state index contributed by atoms with van der Waals surface area (Å²) in [5, 5.41) is 10.0. The normalized spacial score (nSPS) is 33.2. The maximum absolute atomic E-state index is 10.0. The van der Waals surface area contributed by atoms with Crippen LogP contribution in [-0.4, -0.2) is 11.2 Å². The number of hydrogen-bond donors (Lipinski definition) is 1. The Morgan fingerprint density at radius 1 is 1.00 bits per heavy atom. The van der Waals surface area contributed by atoms with Crippen LogP contribution >= 0.6 is 0 Å². The Hall–Kier alpha value is -1.34. The molecule has 3 aliphatic rings. The number of hydrogen-bond acceptors (Lipinski definition) is 1. The molecule has 3 saturated carbocycles. The van der Waals surface area contributed by atoms with E-state index in [1.165, 1.54) is 62.5 Å². The molecule has 1 heteroatoms. The van der Waals surface area contributed by atoms with Crippen LogP contribution in [0.1, 0.15) is 98.3 Å². The lowest BCUT2D eigenvalue weighted by Crippen LogP contribution is -2.36. The molecule has 0 saturated heterocycles. The third-order valence-electron chi connectivity index (χ3n) is 8.35. The van der Waals surface area contributed by atoms with E-state index in [4.69, 9.17) is 0 Å². The summed E-state index contributed by atoms with van der Waals surface area (Å²) in [6, 6.07) is 0. The lowest BCUT2D eigenvalue weighted by molar-refractivity contribution is 0.0929. The van der Waals surface area contributed by atoms with Crippen molar-refractivity contribution in [2.75, 3.05) is 0 Å². The van der Waals surface area contributed by atoms with E-state index in [0.29, 0.717) is 5.41 Å². The van der Waals surface area contributed by atoms with Crippen molar-refractivity contribution in [3.63, 3.8) is 0 Å². The number of rotatable bonds is 6. The van der Waals surface area contributed by atoms with Gasteiger partial charge in [-0.15, -0.1) is 26.3 Å². The molecule has 0 aliphatic heterocycles. The second-order valence-electron chi connectivity index (χ2n) is 10.8. The van der Waals surface area contributed by atoms with Gasteiger partial charge in [0, 0.05) is 0 Å². The summed E-state index contributed by atoms with van der Waals surface area (Å²) >= 11 is 0. The molecule has 1 N–H and O–H groups in total. The predicted octanol–water partition coefficient (Wildman–Crippen LogP) is 9.22. The van der Waals surface area contributed by atoms with Crippen molar-refractivity contribution in [1.29, 1.82) is 0 Å². The molecule has 5 atom stereocenters. The molecule has 3 rings (SSSR count). The van der Waals surface area contributed by atoms with Gasteiger partial charge < -0.3 is 5.11 Å². The third-order valence-corrected chi connectivity index (χ3v) is 8.35. The molecule has 3 aliphatic carbocycles. The minimum Gasteiger partial charge on any atom is -0.393 e. The van der Waals surface area contributed by atoms with Gasteiger partial charge in [-0.25, -0.2) is 0 Å². The van der Waals surface area contributed by atoms with E-state index in [9.17, 15) is 5.11 Å². The maximum atomic E-state index is 10.0. The van der Waals surface area contributed by atoms with Crippen LogP contribution in [0.5, 0.6) is 0 Å². The fourth-order valence-corrected chi connectivity index (χ4v) is 6.66. The van der Waals surface area contributed by atoms with Gasteiger partial charge in [-0.2, -0.15) is 0 Å². The first-order chi connectivity index (χ1) is 15.3. The average Bonchev–Trinajstić information content (AvgIpc) is 3.14. The van der Waals surface area contributed by atoms with Gasteiger partial charge in [0.2, 0.25) is 0 Å². The van der Waals surface area contributed by atoms with Crippen molar-refractivity contribution in [2.24, 2.45) is 29.1 Å². The Morgan fingerprint density at radius 3 is 2.34 bits per heavy atom. The lowest BCUT2D eigenvalue weighted by atomic mass is 9.60. The minimum atomic E-state index is -0.172. The van der Waals surface area contributed by atoms with E-state index < -0.39 is 0 Å². The fraction of sp³-hybridized carbons (Fsp3) is 0.677. The molecule has 0 amide bonds. The summed E-state index contributed by atoms with van der Waals surface area (Å²) in [6.07, 6.45) is 18.2. The Morgan fingerprint density at radius 2 is 1.69 bits per heavy atom. The predicted molar refractivity (Wildman–Crippen MR) is 144 cm³/mol. The molecule has 0 aromatic carbocycles. The summed E-state index contributed by atoms with van der Waals surface area (Å²) in [4.78, 5) is 0. The van der Waals surface area contributed by atoms with E-state index in [2.05, 4.69) is 72.7 Å². The highest BCUT2D eigenvalue weighted by molar-refractivity contribution is 5.36. The Balaban J connectivity index is 0.00000121. The van der Waals surface area contributed by atoms with E-state index in [-0.39, 0.29) is 6.10 Å². The van der Waals surface area contributed by atoms with Gasteiger partial charge in [0.05, 0.1) is 6.10 Å². The summed E-state index contributed by atoms with van der Waals surface area (Å²) in [7, 11) is 0. The van der Waals surface area contributed by atoms with Crippen molar-refractivity contribution in [1.82, 2.24) is 0 Å². The Kier molecular flexibility index (Phi) is 12.6. The molecule has 0 bridgehead atoms. The molecule has 0 aromatic rings. The molecule has 0 heterocycles. The van der Waals surface area contributed by atoms with Crippen LogP contribution in [0, 0.1) is 29.1 Å². The van der Waals surface area contributed by atoms with Gasteiger partial charge in [-0.05, 0) is 86.0 Å². The van der Waals surface area contributed by atoms with Crippen LogP contribution in [0.25, 0.3) is 0 Å². The highest BCUT2D eigenvalue weighted by Gasteiger charge is 2.50. The quantitative estimate of drug-likeness (QED) is 0.408. The third kappa shape index (κ3) is 7.34. The lowest BCUT2D eigenvalue weighted by Gasteiger charge is -2.44. The summed E-state index contributed by atoms with van der Waals surface area (Å²) < 4.78 is 0. The first-order valence-corrected chi connectivity index (χ1v) is 13.1. The molecule has 0 aromatic heterocycles. The van der Waals surface area contributed by atoms with E-state index in [0.717, 1.165) is 42.9 Å². The molecule has 0 radical (unpaired) electrons. The van der Waals surface area contributed by atoms with Gasteiger partial charge in [0.25, 0.3) is 0 Å². The monoisotopic (exact) mass is 440 g/mol. The largest absolute Gasteiger partial charge is 0.393 e. The Bertz CT molecular complexity index is 637. The standard InChI is InChI=1S/C27H44O.2C2H4/c1-19(2)8-6-9-21(4)25-15-16-26-22(10-7-17-27(25,26)5)12-13-23-18-24(28)14-11-20(23)3;2*1-2/h12-13,19,21,24-26,28H,3,6-11,14-18H2,1-2,4-5H3;2*1-2H2/b22-12+,23-13-;;/t21-,24+,25-,26+,27-;;/m1../s1. The van der Waals surface area contributed by atoms with Crippen molar-refractivity contribution in [3.8, 4) is 0 Å². The number of fused-ring (bicyclic) bond motifs is 1. The highest BCUT2D eigenvalue weighted by atomic mass is 16.3. The van der Waals surface area contributed by atoms with Gasteiger partial charge in [0.15, 0.2) is 0 Å². The smallest absolute Gasteiger partial charge is 0.0583 e. The van der Waals surface area contributed by atoms with Crippen LogP contribution in [0.4, 0.5) is 0 Å². The number of allylic oxidation sites excluding steroid dienone is 4. The van der Waals surface area contributed by atoms with E-state index in [1.54, 1.807) is 5.57 Å².